The number of hydrogen-bond acceptors (Lipinski definition) is 1. The Balaban J connectivity index is 2.29. The van der Waals surface area contributed by atoms with Crippen LogP contribution in [-0.4, -0.2) is 13.1 Å². The molecule has 1 heterocycles. The van der Waals surface area contributed by atoms with Gasteiger partial charge in [0.25, 0.3) is 0 Å². The number of quaternary nitrogens is 1. The second-order valence-electron chi connectivity index (χ2n) is 3.03. The van der Waals surface area contributed by atoms with Gasteiger partial charge in [-0.05, 0) is 12.1 Å². The van der Waals surface area contributed by atoms with Crippen molar-refractivity contribution in [2.45, 2.75) is 6.42 Å². The molecule has 0 radical (unpaired) electrons. The highest BCUT2D eigenvalue weighted by Gasteiger charge is 2.28. The summed E-state index contributed by atoms with van der Waals surface area (Å²) < 4.78 is -0.110. The molecule has 0 unspecified atom stereocenters. The van der Waals surface area contributed by atoms with Crippen LogP contribution in [0.3, 0.4) is 0 Å². The predicted molar refractivity (Wildman–Crippen MR) is 46.0 cm³/mol. The van der Waals surface area contributed by atoms with Gasteiger partial charge in [0, 0.05) is 6.42 Å². The largest absolute Gasteiger partial charge is 0.627 e. The Labute approximate surface area is 66.2 Å². The third-order valence-corrected chi connectivity index (χ3v) is 2.27. The molecule has 1 saturated heterocycles. The smallest absolute Gasteiger partial charge is 0.132 e. The SMILES string of the molecule is [O-][N+]1(c2ccccc2)CCC1. The lowest BCUT2D eigenvalue weighted by atomic mass is 10.1. The maximum Gasteiger partial charge on any atom is 0.132 e. The highest BCUT2D eigenvalue weighted by Crippen LogP contribution is 2.27. The first-order valence-corrected chi connectivity index (χ1v) is 3.95. The number of rotatable bonds is 1. The normalized spacial score (nSPS) is 20.8. The van der Waals surface area contributed by atoms with Crippen molar-refractivity contribution < 1.29 is 0 Å². The molecule has 1 fully saturated rings. The van der Waals surface area contributed by atoms with Gasteiger partial charge in [-0.2, -0.15) is 0 Å². The molecule has 0 saturated carbocycles. The van der Waals surface area contributed by atoms with E-state index in [-0.39, 0.29) is 4.65 Å². The van der Waals surface area contributed by atoms with E-state index in [1.807, 2.05) is 30.3 Å². The Morgan fingerprint density at radius 3 is 2.18 bits per heavy atom. The van der Waals surface area contributed by atoms with Crippen LogP contribution in [0.1, 0.15) is 6.42 Å². The van der Waals surface area contributed by atoms with Gasteiger partial charge in [0.15, 0.2) is 0 Å². The average Bonchev–Trinajstić information content (AvgIpc) is 2.02. The first kappa shape index (κ1) is 6.83. The predicted octanol–water partition coefficient (Wildman–Crippen LogP) is 1.90. The molecule has 1 aliphatic heterocycles. The minimum absolute atomic E-state index is 0.110. The zero-order chi connectivity index (χ0) is 7.73. The van der Waals surface area contributed by atoms with E-state index in [0.717, 1.165) is 25.2 Å². The average molecular weight is 149 g/mol. The molecular weight excluding hydrogens is 138 g/mol. The monoisotopic (exact) mass is 149 g/mol. The highest BCUT2D eigenvalue weighted by molar-refractivity contribution is 5.44. The highest BCUT2D eigenvalue weighted by atomic mass is 16.6. The zero-order valence-electron chi connectivity index (χ0n) is 6.36. The van der Waals surface area contributed by atoms with Gasteiger partial charge in [-0.3, -0.25) is 0 Å². The molecule has 0 N–H and O–H groups in total. The van der Waals surface area contributed by atoms with Crippen LogP contribution in [0.2, 0.25) is 0 Å². The minimum Gasteiger partial charge on any atom is -0.627 e. The van der Waals surface area contributed by atoms with Crippen LogP contribution in [0.5, 0.6) is 0 Å². The lowest BCUT2D eigenvalue weighted by Gasteiger charge is -2.49. The van der Waals surface area contributed by atoms with Crippen LogP contribution in [0.15, 0.2) is 30.3 Å². The Bertz CT molecular complexity index is 241. The van der Waals surface area contributed by atoms with Gasteiger partial charge < -0.3 is 9.85 Å². The molecule has 11 heavy (non-hydrogen) atoms. The maximum atomic E-state index is 11.7. The van der Waals surface area contributed by atoms with Crippen molar-refractivity contribution in [3.05, 3.63) is 35.5 Å². The molecule has 1 aromatic carbocycles. The summed E-state index contributed by atoms with van der Waals surface area (Å²) in [4.78, 5) is 0. The Morgan fingerprint density at radius 2 is 1.73 bits per heavy atom. The van der Waals surface area contributed by atoms with E-state index in [2.05, 4.69) is 0 Å². The van der Waals surface area contributed by atoms with E-state index < -0.39 is 0 Å². The summed E-state index contributed by atoms with van der Waals surface area (Å²) in [7, 11) is 0. The second kappa shape index (κ2) is 2.32. The van der Waals surface area contributed by atoms with Crippen molar-refractivity contribution in [3.8, 4) is 0 Å². The molecule has 0 aromatic heterocycles. The van der Waals surface area contributed by atoms with Crippen molar-refractivity contribution in [3.63, 3.8) is 0 Å². The molecule has 0 bridgehead atoms. The van der Waals surface area contributed by atoms with Gasteiger partial charge in [0.2, 0.25) is 0 Å². The molecular formula is C9H11NO. The van der Waals surface area contributed by atoms with Gasteiger partial charge >= 0.3 is 0 Å². The first-order chi connectivity index (χ1) is 5.31. The van der Waals surface area contributed by atoms with Crippen LogP contribution in [0.25, 0.3) is 0 Å². The first-order valence-electron chi connectivity index (χ1n) is 3.95. The molecule has 2 heteroatoms. The van der Waals surface area contributed by atoms with E-state index in [1.54, 1.807) is 0 Å². The fourth-order valence-corrected chi connectivity index (χ4v) is 1.40. The maximum absolute atomic E-state index is 11.7. The molecule has 2 nitrogen and oxygen atoms in total. The van der Waals surface area contributed by atoms with Crippen LogP contribution in [0.4, 0.5) is 5.69 Å². The van der Waals surface area contributed by atoms with Gasteiger partial charge in [-0.1, -0.05) is 18.2 Å². The topological polar surface area (TPSA) is 23.1 Å². The summed E-state index contributed by atoms with van der Waals surface area (Å²) in [5, 5.41) is 11.7. The molecule has 0 spiro atoms. The lowest BCUT2D eigenvalue weighted by molar-refractivity contribution is 0.263. The Kier molecular flexibility index (Phi) is 1.44. The standard InChI is InChI=1S/C9H11NO/c11-10(7-4-8-10)9-5-2-1-3-6-9/h1-3,5-6H,4,7-8H2. The van der Waals surface area contributed by atoms with Crippen molar-refractivity contribution in [1.82, 2.24) is 4.65 Å². The van der Waals surface area contributed by atoms with E-state index in [9.17, 15) is 5.21 Å². The van der Waals surface area contributed by atoms with Crippen molar-refractivity contribution in [1.29, 1.82) is 0 Å². The molecule has 0 amide bonds. The molecule has 1 aliphatic rings. The van der Waals surface area contributed by atoms with E-state index >= 15 is 0 Å². The zero-order valence-corrected chi connectivity index (χ0v) is 6.36. The third kappa shape index (κ3) is 1.04. The van der Waals surface area contributed by atoms with Gasteiger partial charge in [-0.15, -0.1) is 0 Å². The van der Waals surface area contributed by atoms with Crippen molar-refractivity contribution in [2.75, 3.05) is 13.1 Å². The summed E-state index contributed by atoms with van der Waals surface area (Å²) in [6.45, 7) is 1.51. The van der Waals surface area contributed by atoms with Crippen LogP contribution < -0.4 is 4.65 Å². The van der Waals surface area contributed by atoms with E-state index in [0.29, 0.717) is 0 Å². The fraction of sp³-hybridized carbons (Fsp3) is 0.333. The van der Waals surface area contributed by atoms with Gasteiger partial charge in [-0.25, -0.2) is 0 Å². The molecule has 58 valence electrons. The molecule has 2 rings (SSSR count). The number of para-hydroxylation sites is 1. The number of nitrogens with zero attached hydrogens (tertiary/aromatic N) is 1. The van der Waals surface area contributed by atoms with Crippen LogP contribution in [-0.2, 0) is 0 Å². The summed E-state index contributed by atoms with van der Waals surface area (Å²) in [5.41, 5.74) is 0.902. The Hall–Kier alpha value is -0.860. The number of benzene rings is 1. The minimum atomic E-state index is -0.110. The summed E-state index contributed by atoms with van der Waals surface area (Å²) >= 11 is 0. The van der Waals surface area contributed by atoms with Gasteiger partial charge in [0.1, 0.15) is 5.69 Å². The van der Waals surface area contributed by atoms with Crippen LogP contribution in [0, 0.1) is 5.21 Å². The van der Waals surface area contributed by atoms with Crippen LogP contribution >= 0.6 is 0 Å². The Morgan fingerprint density at radius 1 is 1.09 bits per heavy atom. The third-order valence-electron chi connectivity index (χ3n) is 2.27. The number of hydroxylamine groups is 2. The molecule has 1 aromatic rings. The van der Waals surface area contributed by atoms with E-state index in [1.165, 1.54) is 0 Å². The van der Waals surface area contributed by atoms with Crippen molar-refractivity contribution in [2.24, 2.45) is 0 Å². The number of hydrogen-bond donors (Lipinski definition) is 0. The summed E-state index contributed by atoms with van der Waals surface area (Å²) in [5.74, 6) is 0. The summed E-state index contributed by atoms with van der Waals surface area (Å²) in [6, 6.07) is 9.60. The molecule has 0 aliphatic carbocycles. The molecule has 0 atom stereocenters. The summed E-state index contributed by atoms with van der Waals surface area (Å²) in [6.07, 6.45) is 1.07. The van der Waals surface area contributed by atoms with E-state index in [4.69, 9.17) is 0 Å². The fourth-order valence-electron chi connectivity index (χ4n) is 1.40. The lowest BCUT2D eigenvalue weighted by Crippen LogP contribution is -2.54. The van der Waals surface area contributed by atoms with Gasteiger partial charge in [0.05, 0.1) is 13.1 Å². The van der Waals surface area contributed by atoms with Crippen molar-refractivity contribution >= 4 is 5.69 Å². The quantitative estimate of drug-likeness (QED) is 0.441. The second-order valence-corrected chi connectivity index (χ2v) is 3.03.